The summed E-state index contributed by atoms with van der Waals surface area (Å²) in [6, 6.07) is 10.2. The summed E-state index contributed by atoms with van der Waals surface area (Å²) in [5.41, 5.74) is 1.96. The van der Waals surface area contributed by atoms with E-state index >= 15 is 0 Å². The van der Waals surface area contributed by atoms with Crippen LogP contribution < -0.4 is 20.7 Å². The topological polar surface area (TPSA) is 96.5 Å². The number of hydrogen-bond donors (Lipinski definition) is 3. The lowest BCUT2D eigenvalue weighted by Gasteiger charge is -2.16. The molecule has 30 heavy (non-hydrogen) atoms. The molecule has 3 amide bonds. The number of amides is 3. The van der Waals surface area contributed by atoms with Gasteiger partial charge in [-0.1, -0.05) is 40.9 Å². The molecule has 1 fully saturated rings. The number of ether oxygens (including phenoxy) is 1. The first-order valence-electron chi connectivity index (χ1n) is 8.59. The molecule has 0 atom stereocenters. The molecule has 7 nitrogen and oxygen atoms in total. The van der Waals surface area contributed by atoms with Crippen molar-refractivity contribution < 1.29 is 19.1 Å². The van der Waals surface area contributed by atoms with E-state index in [0.717, 1.165) is 5.56 Å². The van der Waals surface area contributed by atoms with Crippen molar-refractivity contribution in [1.29, 1.82) is 0 Å². The van der Waals surface area contributed by atoms with E-state index in [1.54, 1.807) is 12.1 Å². The van der Waals surface area contributed by atoms with E-state index in [4.69, 9.17) is 40.2 Å². The highest BCUT2D eigenvalue weighted by Crippen LogP contribution is 2.35. The number of nitrogens with one attached hydrogen (secondary N) is 3. The monoisotopic (exact) mass is 463 g/mol. The van der Waals surface area contributed by atoms with Crippen LogP contribution in [0.15, 0.2) is 42.0 Å². The molecule has 0 radical (unpaired) electrons. The molecule has 2 aromatic carbocycles. The second kappa shape index (κ2) is 9.25. The Hall–Kier alpha value is -2.94. The highest BCUT2D eigenvalue weighted by atomic mass is 35.5. The first-order valence-corrected chi connectivity index (χ1v) is 9.76. The van der Waals surface area contributed by atoms with Gasteiger partial charge >= 0.3 is 0 Å². The number of aryl methyl sites for hydroxylation is 1. The number of carbonyl (C=O) groups excluding carboxylic acids is 3. The highest BCUT2D eigenvalue weighted by Gasteiger charge is 2.26. The van der Waals surface area contributed by atoms with Gasteiger partial charge in [-0.15, -0.1) is 0 Å². The number of thiocarbonyl (C=S) groups is 1. The van der Waals surface area contributed by atoms with Crippen LogP contribution >= 0.6 is 35.4 Å². The third-order valence-corrected chi connectivity index (χ3v) is 4.72. The molecule has 0 spiro atoms. The summed E-state index contributed by atoms with van der Waals surface area (Å²) in [5.74, 6) is -1.55. The van der Waals surface area contributed by atoms with E-state index in [1.807, 2.05) is 19.1 Å². The fourth-order valence-corrected chi connectivity index (χ4v) is 3.34. The van der Waals surface area contributed by atoms with Gasteiger partial charge in [-0.25, -0.2) is 0 Å². The Kier molecular flexibility index (Phi) is 6.71. The van der Waals surface area contributed by atoms with Gasteiger partial charge in [0, 0.05) is 5.69 Å². The maximum atomic E-state index is 12.1. The lowest BCUT2D eigenvalue weighted by molar-refractivity contribution is -0.123. The number of carbonyl (C=O) groups is 3. The van der Waals surface area contributed by atoms with Crippen molar-refractivity contribution in [2.24, 2.45) is 0 Å². The number of halogens is 2. The van der Waals surface area contributed by atoms with Gasteiger partial charge < -0.3 is 10.1 Å². The van der Waals surface area contributed by atoms with Crippen LogP contribution in [-0.4, -0.2) is 29.4 Å². The zero-order valence-corrected chi connectivity index (χ0v) is 17.9. The second-order valence-corrected chi connectivity index (χ2v) is 7.53. The molecule has 1 heterocycles. The van der Waals surface area contributed by atoms with Crippen LogP contribution in [0.3, 0.4) is 0 Å². The molecule has 10 heteroatoms. The third kappa shape index (κ3) is 5.35. The zero-order chi connectivity index (χ0) is 21.8. The van der Waals surface area contributed by atoms with Gasteiger partial charge in [0.25, 0.3) is 17.7 Å². The largest absolute Gasteiger partial charge is 0.481 e. The molecular weight excluding hydrogens is 449 g/mol. The van der Waals surface area contributed by atoms with E-state index in [-0.39, 0.29) is 39.0 Å². The standard InChI is InChI=1S/C20H15Cl2N3O4S/c1-10-2-4-12(5-3-10)23-16(26)9-29-17-14(21)7-11(8-15(17)22)6-13-18(27)24-20(30)25-19(13)28/h2-8H,9H2,1H3,(H,23,26)(H2,24,25,27,28,30). The Balaban J connectivity index is 1.70. The van der Waals surface area contributed by atoms with Crippen LogP contribution in [0.25, 0.3) is 6.08 Å². The van der Waals surface area contributed by atoms with E-state index < -0.39 is 11.8 Å². The predicted molar refractivity (Wildman–Crippen MR) is 119 cm³/mol. The Labute approximate surface area is 187 Å². The van der Waals surface area contributed by atoms with Crippen LogP contribution in [0.1, 0.15) is 11.1 Å². The first kappa shape index (κ1) is 21.8. The van der Waals surface area contributed by atoms with Crippen molar-refractivity contribution in [1.82, 2.24) is 10.6 Å². The molecular formula is C20H15Cl2N3O4S. The van der Waals surface area contributed by atoms with Gasteiger partial charge in [0.1, 0.15) is 5.57 Å². The fraction of sp³-hybridized carbons (Fsp3) is 0.100. The SMILES string of the molecule is Cc1ccc(NC(=O)COc2c(Cl)cc(C=C3C(=O)NC(=S)NC3=O)cc2Cl)cc1. The molecule has 0 aliphatic carbocycles. The lowest BCUT2D eigenvalue weighted by Crippen LogP contribution is -2.51. The predicted octanol–water partition coefficient (Wildman–Crippen LogP) is 3.23. The molecule has 154 valence electrons. The van der Waals surface area contributed by atoms with Gasteiger partial charge in [-0.2, -0.15) is 0 Å². The maximum Gasteiger partial charge on any atom is 0.263 e. The van der Waals surface area contributed by atoms with Crippen molar-refractivity contribution in [3.8, 4) is 5.75 Å². The van der Waals surface area contributed by atoms with Crippen LogP contribution in [0, 0.1) is 6.92 Å². The molecule has 0 unspecified atom stereocenters. The Morgan fingerprint density at radius 2 is 1.67 bits per heavy atom. The van der Waals surface area contributed by atoms with E-state index in [9.17, 15) is 14.4 Å². The molecule has 3 N–H and O–H groups in total. The third-order valence-electron chi connectivity index (χ3n) is 3.96. The van der Waals surface area contributed by atoms with Crippen LogP contribution in [0.2, 0.25) is 10.0 Å². The van der Waals surface area contributed by atoms with Crippen molar-refractivity contribution in [2.75, 3.05) is 11.9 Å². The van der Waals surface area contributed by atoms with Gasteiger partial charge in [0.2, 0.25) is 0 Å². The van der Waals surface area contributed by atoms with Crippen LogP contribution in [0.4, 0.5) is 5.69 Å². The van der Waals surface area contributed by atoms with Crippen LogP contribution in [-0.2, 0) is 14.4 Å². The van der Waals surface area contributed by atoms with E-state index in [0.29, 0.717) is 11.3 Å². The molecule has 1 aliphatic heterocycles. The molecule has 2 aromatic rings. The molecule has 1 saturated heterocycles. The first-order chi connectivity index (χ1) is 14.2. The molecule has 1 aliphatic rings. The highest BCUT2D eigenvalue weighted by molar-refractivity contribution is 7.80. The van der Waals surface area contributed by atoms with E-state index in [2.05, 4.69) is 16.0 Å². The quantitative estimate of drug-likeness (QED) is 0.359. The fourth-order valence-electron chi connectivity index (χ4n) is 2.55. The van der Waals surface area contributed by atoms with Gasteiger partial charge in [-0.05, 0) is 55.0 Å². The minimum atomic E-state index is -0.635. The van der Waals surface area contributed by atoms with Crippen molar-refractivity contribution in [3.05, 3.63) is 63.1 Å². The zero-order valence-electron chi connectivity index (χ0n) is 15.5. The molecule has 0 bridgehead atoms. The summed E-state index contributed by atoms with van der Waals surface area (Å²) in [6.45, 7) is 1.64. The average molecular weight is 464 g/mol. The summed E-state index contributed by atoms with van der Waals surface area (Å²) in [4.78, 5) is 36.0. The number of rotatable bonds is 5. The Morgan fingerprint density at radius 1 is 1.10 bits per heavy atom. The molecule has 3 rings (SSSR count). The normalized spacial score (nSPS) is 13.4. The van der Waals surface area contributed by atoms with Gasteiger partial charge in [0.15, 0.2) is 17.5 Å². The Morgan fingerprint density at radius 3 is 2.23 bits per heavy atom. The van der Waals surface area contributed by atoms with Gasteiger partial charge in [-0.3, -0.25) is 25.0 Å². The maximum absolute atomic E-state index is 12.1. The molecule has 0 saturated carbocycles. The summed E-state index contributed by atoms with van der Waals surface area (Å²) < 4.78 is 5.45. The average Bonchev–Trinajstić information content (AvgIpc) is 2.66. The summed E-state index contributed by atoms with van der Waals surface area (Å²) in [5, 5.41) is 7.53. The van der Waals surface area contributed by atoms with Crippen molar-refractivity contribution in [2.45, 2.75) is 6.92 Å². The number of anilines is 1. The smallest absolute Gasteiger partial charge is 0.263 e. The summed E-state index contributed by atoms with van der Waals surface area (Å²) in [7, 11) is 0. The summed E-state index contributed by atoms with van der Waals surface area (Å²) in [6.07, 6.45) is 1.32. The van der Waals surface area contributed by atoms with Gasteiger partial charge in [0.05, 0.1) is 10.0 Å². The minimum absolute atomic E-state index is 0.0640. The summed E-state index contributed by atoms with van der Waals surface area (Å²) >= 11 is 17.2. The van der Waals surface area contributed by atoms with Crippen molar-refractivity contribution in [3.63, 3.8) is 0 Å². The number of hydrogen-bond acceptors (Lipinski definition) is 5. The van der Waals surface area contributed by atoms with Crippen molar-refractivity contribution >= 4 is 70.0 Å². The lowest BCUT2D eigenvalue weighted by atomic mass is 10.1. The molecule has 0 aromatic heterocycles. The Bertz CT molecular complexity index is 1040. The second-order valence-electron chi connectivity index (χ2n) is 6.31. The van der Waals surface area contributed by atoms with E-state index in [1.165, 1.54) is 18.2 Å². The number of benzene rings is 2. The van der Waals surface area contributed by atoms with Crippen LogP contribution in [0.5, 0.6) is 5.75 Å². The minimum Gasteiger partial charge on any atom is -0.481 e.